The summed E-state index contributed by atoms with van der Waals surface area (Å²) in [5, 5.41) is 0. The minimum absolute atomic E-state index is 0.619. The Bertz CT molecular complexity index is 331. The topological polar surface area (TPSA) is 43.8 Å². The van der Waals surface area contributed by atoms with E-state index in [0.717, 1.165) is 11.8 Å². The highest BCUT2D eigenvalue weighted by Crippen LogP contribution is 2.50. The molecule has 2 bridgehead atoms. The summed E-state index contributed by atoms with van der Waals surface area (Å²) in [5.74, 6) is 1.89. The molecule has 3 rings (SSSR count). The standard InChI is InChI=1S/C11H17N3/c12-5-10-6-13-7-14(10)11-4-8-1-2-9(11)3-8/h6-9,11H,1-5,12H2. The third kappa shape index (κ3) is 1.12. The van der Waals surface area contributed by atoms with E-state index in [0.29, 0.717) is 12.6 Å². The van der Waals surface area contributed by atoms with Gasteiger partial charge in [0.05, 0.1) is 12.0 Å². The quantitative estimate of drug-likeness (QED) is 0.773. The third-order valence-corrected chi connectivity index (χ3v) is 4.01. The van der Waals surface area contributed by atoms with Crippen LogP contribution >= 0.6 is 0 Å². The number of hydrogen-bond donors (Lipinski definition) is 1. The fourth-order valence-electron chi connectivity index (χ4n) is 3.34. The van der Waals surface area contributed by atoms with Crippen molar-refractivity contribution in [1.29, 1.82) is 0 Å². The van der Waals surface area contributed by atoms with Crippen molar-refractivity contribution >= 4 is 0 Å². The first-order chi connectivity index (χ1) is 6.88. The lowest BCUT2D eigenvalue weighted by molar-refractivity contribution is 0.323. The summed E-state index contributed by atoms with van der Waals surface area (Å²) < 4.78 is 2.32. The van der Waals surface area contributed by atoms with Crippen LogP contribution in [-0.2, 0) is 6.54 Å². The Hall–Kier alpha value is -0.830. The molecule has 1 heterocycles. The van der Waals surface area contributed by atoms with Gasteiger partial charge in [-0.3, -0.25) is 0 Å². The monoisotopic (exact) mass is 191 g/mol. The average molecular weight is 191 g/mol. The number of hydrogen-bond acceptors (Lipinski definition) is 2. The van der Waals surface area contributed by atoms with Crippen LogP contribution in [0.4, 0.5) is 0 Å². The van der Waals surface area contributed by atoms with Gasteiger partial charge in [0, 0.05) is 18.8 Å². The predicted octanol–water partition coefficient (Wildman–Crippen LogP) is 1.70. The van der Waals surface area contributed by atoms with Gasteiger partial charge in [-0.05, 0) is 31.1 Å². The summed E-state index contributed by atoms with van der Waals surface area (Å²) in [5.41, 5.74) is 6.90. The van der Waals surface area contributed by atoms with E-state index in [2.05, 4.69) is 9.55 Å². The second kappa shape index (κ2) is 3.09. The molecule has 2 aliphatic carbocycles. The number of rotatable bonds is 2. The second-order valence-electron chi connectivity index (χ2n) is 4.74. The molecule has 2 fully saturated rings. The molecule has 3 unspecified atom stereocenters. The zero-order chi connectivity index (χ0) is 9.54. The Morgan fingerprint density at radius 1 is 1.43 bits per heavy atom. The Balaban J connectivity index is 1.89. The fraction of sp³-hybridized carbons (Fsp3) is 0.727. The van der Waals surface area contributed by atoms with E-state index in [1.807, 2.05) is 12.5 Å². The molecule has 76 valence electrons. The molecule has 0 amide bonds. The maximum Gasteiger partial charge on any atom is 0.0951 e. The van der Waals surface area contributed by atoms with E-state index in [4.69, 9.17) is 5.73 Å². The van der Waals surface area contributed by atoms with Crippen molar-refractivity contribution < 1.29 is 0 Å². The summed E-state index contributed by atoms with van der Waals surface area (Å²) in [6, 6.07) is 0.704. The van der Waals surface area contributed by atoms with Gasteiger partial charge in [0.2, 0.25) is 0 Å². The number of nitrogens with zero attached hydrogens (tertiary/aromatic N) is 2. The lowest BCUT2D eigenvalue weighted by atomic mass is 9.95. The van der Waals surface area contributed by atoms with Gasteiger partial charge >= 0.3 is 0 Å². The van der Waals surface area contributed by atoms with Gasteiger partial charge in [-0.15, -0.1) is 0 Å². The number of fused-ring (bicyclic) bond motifs is 2. The van der Waals surface area contributed by atoms with Gasteiger partial charge < -0.3 is 10.3 Å². The fourth-order valence-corrected chi connectivity index (χ4v) is 3.34. The Morgan fingerprint density at radius 3 is 3.00 bits per heavy atom. The largest absolute Gasteiger partial charge is 0.330 e. The highest BCUT2D eigenvalue weighted by atomic mass is 15.1. The molecule has 2 aliphatic rings. The molecule has 0 saturated heterocycles. The molecule has 0 aromatic carbocycles. The van der Waals surface area contributed by atoms with Crippen LogP contribution < -0.4 is 5.73 Å². The van der Waals surface area contributed by atoms with Crippen LogP contribution in [0.2, 0.25) is 0 Å². The highest BCUT2D eigenvalue weighted by Gasteiger charge is 2.40. The summed E-state index contributed by atoms with van der Waals surface area (Å²) in [6.45, 7) is 0.619. The highest BCUT2D eigenvalue weighted by molar-refractivity contribution is 5.04. The summed E-state index contributed by atoms with van der Waals surface area (Å²) in [7, 11) is 0. The van der Waals surface area contributed by atoms with E-state index >= 15 is 0 Å². The zero-order valence-corrected chi connectivity index (χ0v) is 8.39. The molecular weight excluding hydrogens is 174 g/mol. The van der Waals surface area contributed by atoms with Crippen LogP contribution in [0.5, 0.6) is 0 Å². The maximum atomic E-state index is 5.70. The molecule has 3 heteroatoms. The third-order valence-electron chi connectivity index (χ3n) is 4.01. The van der Waals surface area contributed by atoms with Crippen molar-refractivity contribution in [3.8, 4) is 0 Å². The maximum absolute atomic E-state index is 5.70. The van der Waals surface area contributed by atoms with Gasteiger partial charge in [-0.25, -0.2) is 4.98 Å². The molecule has 3 nitrogen and oxygen atoms in total. The van der Waals surface area contributed by atoms with Gasteiger partial charge in [0.15, 0.2) is 0 Å². The minimum Gasteiger partial charge on any atom is -0.330 e. The molecule has 3 atom stereocenters. The van der Waals surface area contributed by atoms with E-state index in [1.165, 1.54) is 31.4 Å². The van der Waals surface area contributed by atoms with E-state index in [-0.39, 0.29) is 0 Å². The zero-order valence-electron chi connectivity index (χ0n) is 8.39. The van der Waals surface area contributed by atoms with E-state index in [1.54, 1.807) is 0 Å². The molecule has 2 saturated carbocycles. The predicted molar refractivity (Wildman–Crippen MR) is 54.6 cm³/mol. The number of aromatic nitrogens is 2. The van der Waals surface area contributed by atoms with Gasteiger partial charge in [-0.2, -0.15) is 0 Å². The van der Waals surface area contributed by atoms with Crippen molar-refractivity contribution in [2.45, 2.75) is 38.3 Å². The van der Waals surface area contributed by atoms with Crippen LogP contribution in [0.3, 0.4) is 0 Å². The van der Waals surface area contributed by atoms with Crippen LogP contribution in [0.25, 0.3) is 0 Å². The molecule has 2 N–H and O–H groups in total. The first-order valence-corrected chi connectivity index (χ1v) is 5.59. The Labute approximate surface area is 84.3 Å². The molecule has 0 aliphatic heterocycles. The van der Waals surface area contributed by atoms with E-state index in [9.17, 15) is 0 Å². The molecule has 1 aromatic heterocycles. The first kappa shape index (κ1) is 8.48. The molecular formula is C11H17N3. The Morgan fingerprint density at radius 2 is 2.36 bits per heavy atom. The van der Waals surface area contributed by atoms with Crippen LogP contribution in [0.15, 0.2) is 12.5 Å². The van der Waals surface area contributed by atoms with Crippen LogP contribution in [0, 0.1) is 11.8 Å². The number of nitrogens with two attached hydrogens (primary N) is 1. The van der Waals surface area contributed by atoms with Gasteiger partial charge in [0.25, 0.3) is 0 Å². The van der Waals surface area contributed by atoms with Gasteiger partial charge in [0.1, 0.15) is 0 Å². The molecule has 14 heavy (non-hydrogen) atoms. The molecule has 0 spiro atoms. The summed E-state index contributed by atoms with van der Waals surface area (Å²) in [4.78, 5) is 4.20. The minimum atomic E-state index is 0.619. The molecule has 1 aromatic rings. The van der Waals surface area contributed by atoms with Crippen molar-refractivity contribution in [1.82, 2.24) is 9.55 Å². The lowest BCUT2D eigenvalue weighted by Gasteiger charge is -2.24. The van der Waals surface area contributed by atoms with Crippen LogP contribution in [0.1, 0.15) is 37.4 Å². The number of imidazole rings is 1. The normalized spacial score (nSPS) is 35.4. The van der Waals surface area contributed by atoms with Crippen LogP contribution in [-0.4, -0.2) is 9.55 Å². The van der Waals surface area contributed by atoms with Crippen molar-refractivity contribution in [2.24, 2.45) is 17.6 Å². The average Bonchev–Trinajstić information content (AvgIpc) is 2.92. The SMILES string of the molecule is NCc1cncn1C1CC2CCC1C2. The van der Waals surface area contributed by atoms with E-state index < -0.39 is 0 Å². The van der Waals surface area contributed by atoms with Crippen molar-refractivity contribution in [3.05, 3.63) is 18.2 Å². The molecule has 0 radical (unpaired) electrons. The second-order valence-corrected chi connectivity index (χ2v) is 4.74. The van der Waals surface area contributed by atoms with Gasteiger partial charge in [-0.1, -0.05) is 6.42 Å². The van der Waals surface area contributed by atoms with Crippen molar-refractivity contribution in [2.75, 3.05) is 0 Å². The lowest BCUT2D eigenvalue weighted by Crippen LogP contribution is -2.18. The summed E-state index contributed by atoms with van der Waals surface area (Å²) in [6.07, 6.45) is 9.53. The van der Waals surface area contributed by atoms with Crippen molar-refractivity contribution in [3.63, 3.8) is 0 Å². The first-order valence-electron chi connectivity index (χ1n) is 5.59. The smallest absolute Gasteiger partial charge is 0.0951 e. The summed E-state index contributed by atoms with van der Waals surface area (Å²) >= 11 is 0. The Kier molecular flexibility index (Phi) is 1.87.